The van der Waals surface area contributed by atoms with Crippen molar-refractivity contribution in [2.24, 2.45) is 5.73 Å². The van der Waals surface area contributed by atoms with Crippen LogP contribution in [-0.4, -0.2) is 4.98 Å². The molecule has 0 aliphatic heterocycles. The van der Waals surface area contributed by atoms with E-state index in [2.05, 4.69) is 4.98 Å². The number of aryl methyl sites for hydroxylation is 1. The monoisotopic (exact) mass is 246 g/mol. The smallest absolute Gasteiger partial charge is 0.130 e. The Labute approximate surface area is 105 Å². The fourth-order valence-electron chi connectivity index (χ4n) is 1.66. The van der Waals surface area contributed by atoms with E-state index < -0.39 is 0 Å². The highest BCUT2D eigenvalue weighted by Gasteiger charge is 2.06. The molecule has 2 rings (SSSR count). The third-order valence-corrected chi connectivity index (χ3v) is 2.72. The molecule has 94 valence electrons. The van der Waals surface area contributed by atoms with Gasteiger partial charge in [0, 0.05) is 18.3 Å². The molecule has 0 unspecified atom stereocenters. The van der Waals surface area contributed by atoms with Gasteiger partial charge in [-0.05, 0) is 36.8 Å². The number of nitrogens with zero attached hydrogens (tertiary/aromatic N) is 1. The van der Waals surface area contributed by atoms with Gasteiger partial charge in [-0.15, -0.1) is 0 Å². The van der Waals surface area contributed by atoms with Gasteiger partial charge < -0.3 is 10.5 Å². The van der Waals surface area contributed by atoms with E-state index in [1.54, 1.807) is 12.3 Å². The first-order valence-electron chi connectivity index (χ1n) is 5.72. The minimum atomic E-state index is -0.309. The predicted molar refractivity (Wildman–Crippen MR) is 67.6 cm³/mol. The Kier molecular flexibility index (Phi) is 3.89. The second-order valence-corrected chi connectivity index (χ2v) is 4.01. The Morgan fingerprint density at radius 2 is 2.17 bits per heavy atom. The van der Waals surface area contributed by atoms with E-state index >= 15 is 0 Å². The maximum Gasteiger partial charge on any atom is 0.130 e. The van der Waals surface area contributed by atoms with Crippen molar-refractivity contribution in [1.29, 1.82) is 0 Å². The molecule has 0 fully saturated rings. The standard InChI is InChI=1S/C14H15FN2O/c1-10-3-2-6-17-13(10)9-18-14-5-4-12(15)7-11(14)8-16/h2-7H,8-9,16H2,1H3. The Balaban J connectivity index is 2.13. The summed E-state index contributed by atoms with van der Waals surface area (Å²) in [6, 6.07) is 8.19. The Morgan fingerprint density at radius 3 is 2.89 bits per heavy atom. The highest BCUT2D eigenvalue weighted by molar-refractivity contribution is 5.34. The van der Waals surface area contributed by atoms with Crippen molar-refractivity contribution in [3.05, 3.63) is 59.2 Å². The highest BCUT2D eigenvalue weighted by atomic mass is 19.1. The van der Waals surface area contributed by atoms with Crippen molar-refractivity contribution >= 4 is 0 Å². The van der Waals surface area contributed by atoms with Gasteiger partial charge in [-0.3, -0.25) is 4.98 Å². The highest BCUT2D eigenvalue weighted by Crippen LogP contribution is 2.20. The van der Waals surface area contributed by atoms with Gasteiger partial charge in [0.2, 0.25) is 0 Å². The lowest BCUT2D eigenvalue weighted by Gasteiger charge is -2.11. The van der Waals surface area contributed by atoms with Gasteiger partial charge in [0.25, 0.3) is 0 Å². The number of rotatable bonds is 4. The first-order chi connectivity index (χ1) is 8.70. The second-order valence-electron chi connectivity index (χ2n) is 4.01. The quantitative estimate of drug-likeness (QED) is 0.902. The van der Waals surface area contributed by atoms with Gasteiger partial charge in [-0.25, -0.2) is 4.39 Å². The molecule has 0 radical (unpaired) electrons. The molecule has 0 atom stereocenters. The van der Waals surface area contributed by atoms with Crippen molar-refractivity contribution in [2.45, 2.75) is 20.1 Å². The predicted octanol–water partition coefficient (Wildman–Crippen LogP) is 2.57. The normalized spacial score (nSPS) is 10.4. The molecular weight excluding hydrogens is 231 g/mol. The van der Waals surface area contributed by atoms with Crippen LogP contribution < -0.4 is 10.5 Å². The van der Waals surface area contributed by atoms with Crippen molar-refractivity contribution in [3.63, 3.8) is 0 Å². The largest absolute Gasteiger partial charge is 0.487 e. The summed E-state index contributed by atoms with van der Waals surface area (Å²) in [5.74, 6) is 0.292. The van der Waals surface area contributed by atoms with Crippen LogP contribution in [0.1, 0.15) is 16.8 Å². The topological polar surface area (TPSA) is 48.1 Å². The molecule has 0 aliphatic rings. The zero-order valence-corrected chi connectivity index (χ0v) is 10.2. The molecule has 2 aromatic rings. The molecule has 4 heteroatoms. The van der Waals surface area contributed by atoms with Crippen LogP contribution in [0.4, 0.5) is 4.39 Å². The molecule has 0 aliphatic carbocycles. The molecular formula is C14H15FN2O. The van der Waals surface area contributed by atoms with E-state index in [4.69, 9.17) is 10.5 Å². The molecule has 0 saturated carbocycles. The maximum atomic E-state index is 13.0. The lowest BCUT2D eigenvalue weighted by molar-refractivity contribution is 0.297. The maximum absolute atomic E-state index is 13.0. The van der Waals surface area contributed by atoms with Crippen molar-refractivity contribution < 1.29 is 9.13 Å². The molecule has 18 heavy (non-hydrogen) atoms. The molecule has 0 amide bonds. The molecule has 0 spiro atoms. The molecule has 1 aromatic carbocycles. The summed E-state index contributed by atoms with van der Waals surface area (Å²) in [5.41, 5.74) is 8.14. The van der Waals surface area contributed by atoms with E-state index in [0.717, 1.165) is 11.3 Å². The van der Waals surface area contributed by atoms with Crippen LogP contribution in [0.5, 0.6) is 5.75 Å². The molecule has 0 bridgehead atoms. The summed E-state index contributed by atoms with van der Waals surface area (Å²) in [5, 5.41) is 0. The van der Waals surface area contributed by atoms with E-state index in [1.165, 1.54) is 12.1 Å². The van der Waals surface area contributed by atoms with E-state index in [1.807, 2.05) is 19.1 Å². The summed E-state index contributed by atoms with van der Waals surface area (Å²) < 4.78 is 18.7. The van der Waals surface area contributed by atoms with E-state index in [9.17, 15) is 4.39 Å². The summed E-state index contributed by atoms with van der Waals surface area (Å²) >= 11 is 0. The summed E-state index contributed by atoms with van der Waals surface area (Å²) in [7, 11) is 0. The first kappa shape index (κ1) is 12.5. The van der Waals surface area contributed by atoms with Crippen molar-refractivity contribution in [3.8, 4) is 5.75 Å². The lowest BCUT2D eigenvalue weighted by atomic mass is 10.2. The van der Waals surface area contributed by atoms with Gasteiger partial charge in [0.1, 0.15) is 18.2 Å². The van der Waals surface area contributed by atoms with Crippen molar-refractivity contribution in [1.82, 2.24) is 4.98 Å². The number of halogens is 1. The number of ether oxygens (including phenoxy) is 1. The zero-order chi connectivity index (χ0) is 13.0. The van der Waals surface area contributed by atoms with Crippen molar-refractivity contribution in [2.75, 3.05) is 0 Å². The van der Waals surface area contributed by atoms with Gasteiger partial charge in [0.05, 0.1) is 5.69 Å². The minimum Gasteiger partial charge on any atom is -0.487 e. The van der Waals surface area contributed by atoms with Gasteiger partial charge >= 0.3 is 0 Å². The summed E-state index contributed by atoms with van der Waals surface area (Å²) in [6.45, 7) is 2.57. The van der Waals surface area contributed by atoms with Crippen LogP contribution in [0.3, 0.4) is 0 Å². The summed E-state index contributed by atoms with van der Waals surface area (Å²) in [4.78, 5) is 4.24. The Bertz CT molecular complexity index is 543. The fourth-order valence-corrected chi connectivity index (χ4v) is 1.66. The summed E-state index contributed by atoms with van der Waals surface area (Å²) in [6.07, 6.45) is 1.72. The van der Waals surface area contributed by atoms with Gasteiger partial charge in [-0.2, -0.15) is 0 Å². The number of pyridine rings is 1. The Hall–Kier alpha value is -1.94. The first-order valence-corrected chi connectivity index (χ1v) is 5.72. The number of nitrogens with two attached hydrogens (primary N) is 1. The fraction of sp³-hybridized carbons (Fsp3) is 0.214. The molecule has 2 N–H and O–H groups in total. The van der Waals surface area contributed by atoms with E-state index in [-0.39, 0.29) is 12.4 Å². The zero-order valence-electron chi connectivity index (χ0n) is 10.2. The van der Waals surface area contributed by atoms with Gasteiger partial charge in [0.15, 0.2) is 0 Å². The second kappa shape index (κ2) is 5.60. The molecule has 0 saturated heterocycles. The van der Waals surface area contributed by atoms with E-state index in [0.29, 0.717) is 17.9 Å². The number of hydrogen-bond acceptors (Lipinski definition) is 3. The lowest BCUT2D eigenvalue weighted by Crippen LogP contribution is -2.05. The average Bonchev–Trinajstić information content (AvgIpc) is 2.39. The minimum absolute atomic E-state index is 0.244. The third kappa shape index (κ3) is 2.84. The third-order valence-electron chi connectivity index (χ3n) is 2.72. The number of hydrogen-bond donors (Lipinski definition) is 1. The SMILES string of the molecule is Cc1cccnc1COc1ccc(F)cc1CN. The van der Waals surface area contributed by atoms with Crippen LogP contribution in [0.15, 0.2) is 36.5 Å². The average molecular weight is 246 g/mol. The number of aromatic nitrogens is 1. The van der Waals surface area contributed by atoms with Crippen LogP contribution in [-0.2, 0) is 13.2 Å². The van der Waals surface area contributed by atoms with Crippen LogP contribution in [0.25, 0.3) is 0 Å². The molecule has 3 nitrogen and oxygen atoms in total. The van der Waals surface area contributed by atoms with Crippen LogP contribution in [0.2, 0.25) is 0 Å². The number of benzene rings is 1. The van der Waals surface area contributed by atoms with Gasteiger partial charge in [-0.1, -0.05) is 6.07 Å². The molecule has 1 heterocycles. The molecule has 1 aromatic heterocycles. The van der Waals surface area contributed by atoms with Crippen LogP contribution in [0, 0.1) is 12.7 Å². The Morgan fingerprint density at radius 1 is 1.33 bits per heavy atom. The van der Waals surface area contributed by atoms with Crippen LogP contribution >= 0.6 is 0 Å².